The molecule has 1 heterocycles. The molecule has 1 aliphatic heterocycles. The van der Waals surface area contributed by atoms with Crippen LogP contribution in [0.4, 0.5) is 0 Å². The minimum absolute atomic E-state index is 0.189. The third-order valence-electron chi connectivity index (χ3n) is 4.45. The molecule has 0 saturated carbocycles. The quantitative estimate of drug-likeness (QED) is 0.690. The summed E-state index contributed by atoms with van der Waals surface area (Å²) >= 11 is 0. The van der Waals surface area contributed by atoms with E-state index >= 15 is 0 Å². The van der Waals surface area contributed by atoms with Crippen molar-refractivity contribution in [1.82, 2.24) is 4.90 Å². The Hall–Kier alpha value is -2.87. The fourth-order valence-electron chi connectivity index (χ4n) is 3.38. The van der Waals surface area contributed by atoms with E-state index in [0.29, 0.717) is 0 Å². The van der Waals surface area contributed by atoms with E-state index in [1.54, 1.807) is 0 Å². The maximum absolute atomic E-state index is 4.80. The van der Waals surface area contributed by atoms with Crippen LogP contribution in [0.15, 0.2) is 96.0 Å². The number of benzene rings is 3. The Morgan fingerprint density at radius 2 is 1.17 bits per heavy atom. The molecule has 2 nitrogen and oxygen atoms in total. The van der Waals surface area contributed by atoms with E-state index in [9.17, 15) is 0 Å². The van der Waals surface area contributed by atoms with Crippen LogP contribution in [0.5, 0.6) is 0 Å². The van der Waals surface area contributed by atoms with Crippen LogP contribution in [0.2, 0.25) is 0 Å². The maximum Gasteiger partial charge on any atom is 0.131 e. The van der Waals surface area contributed by atoms with Crippen molar-refractivity contribution in [3.05, 3.63) is 108 Å². The molecule has 118 valence electrons. The van der Waals surface area contributed by atoms with E-state index in [1.807, 2.05) is 0 Å². The lowest BCUT2D eigenvalue weighted by Gasteiger charge is -2.31. The molecule has 4 rings (SSSR count). The van der Waals surface area contributed by atoms with Crippen LogP contribution in [0.1, 0.15) is 22.7 Å². The Morgan fingerprint density at radius 1 is 0.667 bits per heavy atom. The van der Waals surface area contributed by atoms with Gasteiger partial charge in [0.15, 0.2) is 0 Å². The Morgan fingerprint density at radius 3 is 1.71 bits per heavy atom. The summed E-state index contributed by atoms with van der Waals surface area (Å²) in [7, 11) is 0. The summed E-state index contributed by atoms with van der Waals surface area (Å²) in [5, 5.41) is 0. The van der Waals surface area contributed by atoms with Gasteiger partial charge < -0.3 is 4.90 Å². The highest BCUT2D eigenvalue weighted by atomic mass is 15.3. The minimum Gasteiger partial charge on any atom is -0.343 e. The number of hydrogen-bond acceptors (Lipinski definition) is 2. The first-order valence-corrected chi connectivity index (χ1v) is 8.40. The van der Waals surface area contributed by atoms with Gasteiger partial charge in [0.25, 0.3) is 0 Å². The zero-order valence-corrected chi connectivity index (χ0v) is 13.5. The molecule has 0 aromatic heterocycles. The number of hydrogen-bond donors (Lipinski definition) is 0. The van der Waals surface area contributed by atoms with Crippen molar-refractivity contribution in [3.8, 4) is 0 Å². The van der Waals surface area contributed by atoms with Gasteiger partial charge in [-0.15, -0.1) is 0 Å². The van der Waals surface area contributed by atoms with Crippen LogP contribution in [0, 0.1) is 0 Å². The van der Waals surface area contributed by atoms with Crippen molar-refractivity contribution in [2.75, 3.05) is 13.1 Å². The Kier molecular flexibility index (Phi) is 4.11. The largest absolute Gasteiger partial charge is 0.343 e. The molecule has 0 unspecified atom stereocenters. The molecule has 0 amide bonds. The average Bonchev–Trinajstić information content (AvgIpc) is 3.14. The summed E-state index contributed by atoms with van der Waals surface area (Å²) in [5.41, 5.74) is 3.79. The number of amidine groups is 1. The van der Waals surface area contributed by atoms with E-state index in [0.717, 1.165) is 18.9 Å². The van der Waals surface area contributed by atoms with Crippen LogP contribution >= 0.6 is 0 Å². The fourth-order valence-corrected chi connectivity index (χ4v) is 3.38. The first-order valence-electron chi connectivity index (χ1n) is 8.40. The molecule has 0 saturated heterocycles. The standard InChI is InChI=1S/C22H20N2/c1-4-10-18(11-5-1)21(19-12-6-2-7-13-19)24-17-16-23-22(24)20-14-8-3-9-15-20/h1-15,21H,16-17H2. The molecule has 0 spiro atoms. The Labute approximate surface area is 143 Å². The number of aliphatic imine (C=N–C) groups is 1. The summed E-state index contributed by atoms with van der Waals surface area (Å²) in [6.45, 7) is 1.79. The average molecular weight is 312 g/mol. The molecule has 0 atom stereocenters. The lowest BCUT2D eigenvalue weighted by molar-refractivity contribution is 0.389. The molecule has 0 radical (unpaired) electrons. The van der Waals surface area contributed by atoms with Gasteiger partial charge in [0.1, 0.15) is 5.84 Å². The molecular formula is C22H20N2. The summed E-state index contributed by atoms with van der Waals surface area (Å²) in [4.78, 5) is 7.23. The molecule has 0 fully saturated rings. The fraction of sp³-hybridized carbons (Fsp3) is 0.136. The van der Waals surface area contributed by atoms with Gasteiger partial charge in [0.2, 0.25) is 0 Å². The van der Waals surface area contributed by atoms with E-state index in [2.05, 4.69) is 95.9 Å². The van der Waals surface area contributed by atoms with Gasteiger partial charge in [-0.05, 0) is 11.1 Å². The van der Waals surface area contributed by atoms with Gasteiger partial charge in [-0.1, -0.05) is 91.0 Å². The lowest BCUT2D eigenvalue weighted by Crippen LogP contribution is -2.33. The molecule has 24 heavy (non-hydrogen) atoms. The van der Waals surface area contributed by atoms with Gasteiger partial charge >= 0.3 is 0 Å². The molecule has 0 aliphatic carbocycles. The van der Waals surface area contributed by atoms with Crippen molar-refractivity contribution >= 4 is 5.84 Å². The minimum atomic E-state index is 0.189. The second kappa shape index (κ2) is 6.71. The van der Waals surface area contributed by atoms with Gasteiger partial charge in [0.05, 0.1) is 12.6 Å². The summed E-state index contributed by atoms with van der Waals surface area (Å²) in [6.07, 6.45) is 0. The monoisotopic (exact) mass is 312 g/mol. The smallest absolute Gasteiger partial charge is 0.131 e. The van der Waals surface area contributed by atoms with Crippen LogP contribution in [-0.4, -0.2) is 23.8 Å². The summed E-state index contributed by atoms with van der Waals surface area (Å²) in [5.74, 6) is 1.09. The summed E-state index contributed by atoms with van der Waals surface area (Å²) < 4.78 is 0. The molecule has 2 heteroatoms. The number of nitrogens with zero attached hydrogens (tertiary/aromatic N) is 2. The van der Waals surface area contributed by atoms with Gasteiger partial charge in [-0.2, -0.15) is 0 Å². The van der Waals surface area contributed by atoms with Crippen molar-refractivity contribution in [1.29, 1.82) is 0 Å². The van der Waals surface area contributed by atoms with Gasteiger partial charge in [-0.3, -0.25) is 4.99 Å². The number of rotatable bonds is 4. The molecular weight excluding hydrogens is 292 g/mol. The van der Waals surface area contributed by atoms with Crippen LogP contribution < -0.4 is 0 Å². The molecule has 3 aromatic rings. The van der Waals surface area contributed by atoms with Crippen LogP contribution in [0.3, 0.4) is 0 Å². The maximum atomic E-state index is 4.80. The second-order valence-corrected chi connectivity index (χ2v) is 5.99. The highest BCUT2D eigenvalue weighted by molar-refractivity contribution is 6.00. The Balaban J connectivity index is 1.78. The molecule has 0 bridgehead atoms. The molecule has 1 aliphatic rings. The first kappa shape index (κ1) is 14.7. The van der Waals surface area contributed by atoms with E-state index in [1.165, 1.54) is 16.7 Å². The highest BCUT2D eigenvalue weighted by Crippen LogP contribution is 2.31. The third kappa shape index (κ3) is 2.83. The SMILES string of the molecule is c1ccc(C2=NCCN2C(c2ccccc2)c2ccccc2)cc1. The van der Waals surface area contributed by atoms with E-state index < -0.39 is 0 Å². The van der Waals surface area contributed by atoms with E-state index in [4.69, 9.17) is 4.99 Å². The zero-order valence-electron chi connectivity index (χ0n) is 13.5. The van der Waals surface area contributed by atoms with Crippen LogP contribution in [0.25, 0.3) is 0 Å². The van der Waals surface area contributed by atoms with Crippen molar-refractivity contribution in [3.63, 3.8) is 0 Å². The zero-order chi connectivity index (χ0) is 16.2. The van der Waals surface area contributed by atoms with Gasteiger partial charge in [0, 0.05) is 12.1 Å². The summed E-state index contributed by atoms with van der Waals surface area (Å²) in [6, 6.07) is 32.1. The van der Waals surface area contributed by atoms with Crippen molar-refractivity contribution in [2.24, 2.45) is 4.99 Å². The third-order valence-corrected chi connectivity index (χ3v) is 4.45. The highest BCUT2D eigenvalue weighted by Gasteiger charge is 2.28. The topological polar surface area (TPSA) is 15.6 Å². The second-order valence-electron chi connectivity index (χ2n) is 5.99. The normalized spacial score (nSPS) is 14.0. The van der Waals surface area contributed by atoms with Crippen molar-refractivity contribution < 1.29 is 0 Å². The predicted molar refractivity (Wildman–Crippen MR) is 99.3 cm³/mol. The Bertz CT molecular complexity index is 771. The lowest BCUT2D eigenvalue weighted by atomic mass is 9.96. The van der Waals surface area contributed by atoms with Crippen molar-refractivity contribution in [2.45, 2.75) is 6.04 Å². The van der Waals surface area contributed by atoms with Crippen LogP contribution in [-0.2, 0) is 0 Å². The predicted octanol–water partition coefficient (Wildman–Crippen LogP) is 4.54. The molecule has 0 N–H and O–H groups in total. The van der Waals surface area contributed by atoms with Gasteiger partial charge in [-0.25, -0.2) is 0 Å². The van der Waals surface area contributed by atoms with E-state index in [-0.39, 0.29) is 6.04 Å². The molecule has 3 aromatic carbocycles. The first-order chi connectivity index (χ1) is 11.9.